The van der Waals surface area contributed by atoms with Crippen LogP contribution in [0.5, 0.6) is 0 Å². The van der Waals surface area contributed by atoms with Crippen LogP contribution in [0.1, 0.15) is 11.1 Å². The molecule has 0 bridgehead atoms. The zero-order chi connectivity index (χ0) is 23.7. The molecule has 3 heterocycles. The Bertz CT molecular complexity index is 1190. The van der Waals surface area contributed by atoms with Crippen molar-refractivity contribution in [3.05, 3.63) is 94.2 Å². The molecule has 3 aromatic rings. The Hall–Kier alpha value is -3.94. The molecule has 1 aromatic heterocycles. The number of carbonyl (C=O) groups is 1. The van der Waals surface area contributed by atoms with Gasteiger partial charge in [-0.05, 0) is 35.7 Å². The van der Waals surface area contributed by atoms with E-state index >= 15 is 0 Å². The predicted molar refractivity (Wildman–Crippen MR) is 131 cm³/mol. The Morgan fingerprint density at radius 2 is 1.91 bits per heavy atom. The summed E-state index contributed by atoms with van der Waals surface area (Å²) in [5.74, 6) is 0.647. The normalized spacial score (nSPS) is 19.2. The molecule has 0 saturated carbocycles. The van der Waals surface area contributed by atoms with Gasteiger partial charge in [-0.25, -0.2) is 4.98 Å². The molecule has 2 aliphatic heterocycles. The molecule has 1 fully saturated rings. The third-order valence-electron chi connectivity index (χ3n) is 6.84. The fourth-order valence-corrected chi connectivity index (χ4v) is 5.17. The predicted octanol–water partition coefficient (Wildman–Crippen LogP) is 3.52. The van der Waals surface area contributed by atoms with Gasteiger partial charge in [0.2, 0.25) is 5.91 Å². The lowest BCUT2D eigenvalue weighted by Crippen LogP contribution is -2.61. The van der Waals surface area contributed by atoms with Gasteiger partial charge in [0.1, 0.15) is 5.82 Å². The number of aromatic nitrogens is 1. The van der Waals surface area contributed by atoms with Crippen molar-refractivity contribution in [3.63, 3.8) is 0 Å². The standard InChI is InChI=1S/C26H27N5O3/c1-28(17-19-7-3-2-4-8-19)26(32)22-16-20-15-21(31(33)34)10-11-23(20)30-14-13-29(18-24(22)30)25-9-5-6-12-27-25/h2-12,15,22,24H,13-14,16-18H2,1H3. The Kier molecular flexibility index (Phi) is 5.88. The maximum absolute atomic E-state index is 13.8. The van der Waals surface area contributed by atoms with Gasteiger partial charge in [0.15, 0.2) is 0 Å². The van der Waals surface area contributed by atoms with E-state index in [1.54, 1.807) is 23.2 Å². The fourth-order valence-electron chi connectivity index (χ4n) is 5.17. The van der Waals surface area contributed by atoms with Crippen LogP contribution in [0, 0.1) is 16.0 Å². The van der Waals surface area contributed by atoms with Gasteiger partial charge in [0.05, 0.1) is 16.9 Å². The van der Waals surface area contributed by atoms with Crippen LogP contribution in [-0.4, -0.2) is 53.4 Å². The number of amides is 1. The van der Waals surface area contributed by atoms with E-state index in [1.807, 2.05) is 61.6 Å². The number of benzene rings is 2. The van der Waals surface area contributed by atoms with Gasteiger partial charge in [-0.3, -0.25) is 14.9 Å². The molecule has 0 N–H and O–H groups in total. The second-order valence-corrected chi connectivity index (χ2v) is 8.96. The van der Waals surface area contributed by atoms with Crippen molar-refractivity contribution in [2.45, 2.75) is 19.0 Å². The van der Waals surface area contributed by atoms with E-state index in [-0.39, 0.29) is 28.5 Å². The van der Waals surface area contributed by atoms with E-state index in [1.165, 1.54) is 0 Å². The number of nitrogens with zero attached hydrogens (tertiary/aromatic N) is 5. The van der Waals surface area contributed by atoms with Crippen molar-refractivity contribution in [1.82, 2.24) is 9.88 Å². The van der Waals surface area contributed by atoms with Gasteiger partial charge in [-0.15, -0.1) is 0 Å². The first-order chi connectivity index (χ1) is 16.5. The van der Waals surface area contributed by atoms with Crippen molar-refractivity contribution >= 4 is 23.1 Å². The molecule has 174 valence electrons. The van der Waals surface area contributed by atoms with Crippen molar-refractivity contribution < 1.29 is 9.72 Å². The number of nitro groups is 1. The molecular formula is C26H27N5O3. The number of nitro benzene ring substituents is 1. The van der Waals surface area contributed by atoms with E-state index in [0.29, 0.717) is 19.5 Å². The van der Waals surface area contributed by atoms with Crippen LogP contribution in [0.25, 0.3) is 0 Å². The third-order valence-corrected chi connectivity index (χ3v) is 6.84. The molecule has 2 aliphatic rings. The molecule has 1 saturated heterocycles. The first kappa shape index (κ1) is 21.9. The summed E-state index contributed by atoms with van der Waals surface area (Å²) in [4.78, 5) is 35.6. The van der Waals surface area contributed by atoms with E-state index in [4.69, 9.17) is 0 Å². The molecule has 2 aromatic carbocycles. The molecule has 2 unspecified atom stereocenters. The number of non-ortho nitro benzene ring substituents is 1. The lowest BCUT2D eigenvalue weighted by Gasteiger charge is -2.49. The maximum Gasteiger partial charge on any atom is 0.269 e. The lowest BCUT2D eigenvalue weighted by atomic mass is 9.82. The summed E-state index contributed by atoms with van der Waals surface area (Å²) >= 11 is 0. The lowest BCUT2D eigenvalue weighted by molar-refractivity contribution is -0.384. The number of hydrogen-bond donors (Lipinski definition) is 0. The van der Waals surface area contributed by atoms with E-state index in [0.717, 1.165) is 35.7 Å². The second-order valence-electron chi connectivity index (χ2n) is 8.96. The van der Waals surface area contributed by atoms with Gasteiger partial charge >= 0.3 is 0 Å². The van der Waals surface area contributed by atoms with Crippen LogP contribution in [0.4, 0.5) is 17.2 Å². The summed E-state index contributed by atoms with van der Waals surface area (Å²) in [5.41, 5.74) is 2.99. The number of rotatable bonds is 5. The Morgan fingerprint density at radius 3 is 2.65 bits per heavy atom. The topological polar surface area (TPSA) is 82.8 Å². The summed E-state index contributed by atoms with van der Waals surface area (Å²) < 4.78 is 0. The molecule has 0 aliphatic carbocycles. The van der Waals surface area contributed by atoms with Gasteiger partial charge in [-0.1, -0.05) is 36.4 Å². The zero-order valence-corrected chi connectivity index (χ0v) is 19.1. The van der Waals surface area contributed by atoms with Crippen LogP contribution in [-0.2, 0) is 17.8 Å². The quantitative estimate of drug-likeness (QED) is 0.431. The number of pyridine rings is 1. The van der Waals surface area contributed by atoms with Crippen LogP contribution in [0.15, 0.2) is 72.9 Å². The summed E-state index contributed by atoms with van der Waals surface area (Å²) in [5, 5.41) is 11.4. The van der Waals surface area contributed by atoms with Gasteiger partial charge < -0.3 is 14.7 Å². The van der Waals surface area contributed by atoms with E-state index in [9.17, 15) is 14.9 Å². The number of piperazine rings is 1. The van der Waals surface area contributed by atoms with Gasteiger partial charge in [-0.2, -0.15) is 0 Å². The van der Waals surface area contributed by atoms with E-state index in [2.05, 4.69) is 14.8 Å². The summed E-state index contributed by atoms with van der Waals surface area (Å²) in [6, 6.07) is 20.8. The Labute approximate surface area is 198 Å². The highest BCUT2D eigenvalue weighted by Gasteiger charge is 2.43. The van der Waals surface area contributed by atoms with Crippen molar-refractivity contribution in [2.24, 2.45) is 5.92 Å². The van der Waals surface area contributed by atoms with Gasteiger partial charge in [0, 0.05) is 57.2 Å². The highest BCUT2D eigenvalue weighted by molar-refractivity contribution is 5.82. The van der Waals surface area contributed by atoms with Crippen LogP contribution in [0.2, 0.25) is 0 Å². The summed E-state index contributed by atoms with van der Waals surface area (Å²) in [7, 11) is 1.84. The minimum Gasteiger partial charge on any atom is -0.364 e. The Balaban J connectivity index is 1.47. The first-order valence-corrected chi connectivity index (χ1v) is 11.5. The van der Waals surface area contributed by atoms with Gasteiger partial charge in [0.25, 0.3) is 5.69 Å². The van der Waals surface area contributed by atoms with Crippen molar-refractivity contribution in [1.29, 1.82) is 0 Å². The SMILES string of the molecule is CN(Cc1ccccc1)C(=O)C1Cc2cc([N+](=O)[O-])ccc2N2CCN(c3ccccn3)CC12. The largest absolute Gasteiger partial charge is 0.364 e. The molecule has 34 heavy (non-hydrogen) atoms. The smallest absolute Gasteiger partial charge is 0.269 e. The maximum atomic E-state index is 13.8. The zero-order valence-electron chi connectivity index (χ0n) is 19.1. The summed E-state index contributed by atoms with van der Waals surface area (Å²) in [6.07, 6.45) is 2.26. The molecule has 0 spiro atoms. The monoisotopic (exact) mass is 457 g/mol. The molecular weight excluding hydrogens is 430 g/mol. The molecule has 0 radical (unpaired) electrons. The second kappa shape index (κ2) is 9.13. The number of carbonyl (C=O) groups excluding carboxylic acids is 1. The number of anilines is 2. The highest BCUT2D eigenvalue weighted by Crippen LogP contribution is 2.39. The van der Waals surface area contributed by atoms with Crippen molar-refractivity contribution in [3.8, 4) is 0 Å². The number of fused-ring (bicyclic) bond motifs is 3. The minimum atomic E-state index is -0.371. The molecule has 8 nitrogen and oxygen atoms in total. The average molecular weight is 458 g/mol. The van der Waals surface area contributed by atoms with Crippen LogP contribution >= 0.6 is 0 Å². The summed E-state index contributed by atoms with van der Waals surface area (Å²) in [6.45, 7) is 2.68. The fraction of sp³-hybridized carbons (Fsp3) is 0.308. The van der Waals surface area contributed by atoms with E-state index < -0.39 is 0 Å². The average Bonchev–Trinajstić information content (AvgIpc) is 2.88. The highest BCUT2D eigenvalue weighted by atomic mass is 16.6. The first-order valence-electron chi connectivity index (χ1n) is 11.5. The number of hydrogen-bond acceptors (Lipinski definition) is 6. The molecule has 2 atom stereocenters. The van der Waals surface area contributed by atoms with Crippen molar-refractivity contribution in [2.75, 3.05) is 36.5 Å². The molecule has 5 rings (SSSR count). The van der Waals surface area contributed by atoms with Crippen LogP contribution in [0.3, 0.4) is 0 Å². The minimum absolute atomic E-state index is 0.0459. The molecule has 1 amide bonds. The Morgan fingerprint density at radius 1 is 1.12 bits per heavy atom. The molecule has 8 heteroatoms. The van der Waals surface area contributed by atoms with Crippen LogP contribution < -0.4 is 9.80 Å². The third kappa shape index (κ3) is 4.19.